The van der Waals surface area contributed by atoms with Crippen LogP contribution in [0.1, 0.15) is 213 Å². The molecule has 11 atom stereocenters. The van der Waals surface area contributed by atoms with Crippen LogP contribution in [0.4, 0.5) is 0 Å². The van der Waals surface area contributed by atoms with Gasteiger partial charge in [-0.1, -0.05) is 180 Å². The van der Waals surface area contributed by atoms with Gasteiger partial charge in [-0.15, -0.1) is 0 Å². The molecule has 0 aromatic rings. The number of carbonyl (C=O) groups is 2. The second-order valence-corrected chi connectivity index (χ2v) is 19.1. The third-order valence-corrected chi connectivity index (χ3v) is 13.0. The summed E-state index contributed by atoms with van der Waals surface area (Å²) in [4.78, 5) is 25.7. The monoisotopic (exact) mass is 961 g/mol. The average molecular weight is 961 g/mol. The van der Waals surface area contributed by atoms with E-state index in [1.807, 2.05) is 0 Å². The first-order valence-corrected chi connectivity index (χ1v) is 26.8. The standard InChI is InChI=1S/C52H96O15/c1-3-5-7-9-11-13-15-16-17-18-19-20-21-22-23-25-27-29-31-33-35-44(55)65-40(37-62-43(54)34-32-30-28-26-24-14-12-10-8-6-4-2)38-63-51-50(61)48(59)46(57)42(67-51)39-64-52-49(60)47(58)45(56)41(36-53)66-52/h10,12,40-42,45-53,56-61H,3-9,11,13-39H2,1-2H3/b12-10+/t40-,41+,42+,45-,46-,47?,48?,49?,50?,51+,52+/m1/s1. The number of hydrogen-bond donors (Lipinski definition) is 7. The van der Waals surface area contributed by atoms with Crippen molar-refractivity contribution in [1.82, 2.24) is 0 Å². The van der Waals surface area contributed by atoms with Gasteiger partial charge in [-0.3, -0.25) is 9.59 Å². The topological polar surface area (TPSA) is 231 Å². The van der Waals surface area contributed by atoms with Gasteiger partial charge in [0.2, 0.25) is 0 Å². The van der Waals surface area contributed by atoms with Crippen molar-refractivity contribution >= 4 is 11.9 Å². The molecule has 15 nitrogen and oxygen atoms in total. The van der Waals surface area contributed by atoms with Crippen molar-refractivity contribution in [3.63, 3.8) is 0 Å². The van der Waals surface area contributed by atoms with E-state index in [-0.39, 0.29) is 26.1 Å². The second kappa shape index (κ2) is 39.9. The van der Waals surface area contributed by atoms with Crippen LogP contribution in [0.5, 0.6) is 0 Å². The summed E-state index contributed by atoms with van der Waals surface area (Å²) in [6.45, 7) is 2.57. The Balaban J connectivity index is 1.76. The lowest BCUT2D eigenvalue weighted by atomic mass is 9.98. The Bertz CT molecular complexity index is 1220. The minimum atomic E-state index is -1.76. The lowest BCUT2D eigenvalue weighted by Gasteiger charge is -2.42. The summed E-state index contributed by atoms with van der Waals surface area (Å²) in [5.41, 5.74) is 0. The minimum absolute atomic E-state index is 0.169. The number of allylic oxidation sites excluding steroid dienone is 2. The fourth-order valence-corrected chi connectivity index (χ4v) is 8.55. The van der Waals surface area contributed by atoms with E-state index in [1.165, 1.54) is 116 Å². The molecule has 0 aliphatic carbocycles. The predicted molar refractivity (Wildman–Crippen MR) is 257 cm³/mol. The van der Waals surface area contributed by atoms with Gasteiger partial charge in [-0.25, -0.2) is 0 Å². The lowest BCUT2D eigenvalue weighted by Crippen LogP contribution is -2.61. The molecule has 2 heterocycles. The van der Waals surface area contributed by atoms with Crippen LogP contribution in [0.2, 0.25) is 0 Å². The molecule has 67 heavy (non-hydrogen) atoms. The first-order valence-electron chi connectivity index (χ1n) is 26.8. The van der Waals surface area contributed by atoms with E-state index in [1.54, 1.807) is 0 Å². The van der Waals surface area contributed by atoms with E-state index in [4.69, 9.17) is 28.4 Å². The number of rotatable bonds is 42. The van der Waals surface area contributed by atoms with Gasteiger partial charge in [0.05, 0.1) is 19.8 Å². The Labute approximate surface area is 403 Å². The third-order valence-electron chi connectivity index (χ3n) is 13.0. The Morgan fingerprint density at radius 2 is 0.866 bits per heavy atom. The molecule has 0 spiro atoms. The first kappa shape index (κ1) is 61.4. The van der Waals surface area contributed by atoms with Crippen LogP contribution >= 0.6 is 0 Å². The maximum Gasteiger partial charge on any atom is 0.306 e. The van der Waals surface area contributed by atoms with Crippen molar-refractivity contribution in [3.8, 4) is 0 Å². The second-order valence-electron chi connectivity index (χ2n) is 19.1. The molecule has 0 saturated carbocycles. The molecule has 2 saturated heterocycles. The number of carbonyl (C=O) groups excluding carboxylic acids is 2. The smallest absolute Gasteiger partial charge is 0.306 e. The summed E-state index contributed by atoms with van der Waals surface area (Å²) in [5, 5.41) is 72.1. The molecule has 0 amide bonds. The van der Waals surface area contributed by atoms with Gasteiger partial charge in [-0.05, 0) is 32.1 Å². The molecule has 0 aromatic heterocycles. The van der Waals surface area contributed by atoms with Gasteiger partial charge >= 0.3 is 11.9 Å². The van der Waals surface area contributed by atoms with Crippen LogP contribution in [-0.4, -0.2) is 142 Å². The van der Waals surface area contributed by atoms with E-state index >= 15 is 0 Å². The number of aliphatic hydroxyl groups excluding tert-OH is 7. The number of hydrogen-bond acceptors (Lipinski definition) is 15. The largest absolute Gasteiger partial charge is 0.462 e. The first-order chi connectivity index (χ1) is 32.5. The Morgan fingerprint density at radius 3 is 1.36 bits per heavy atom. The maximum atomic E-state index is 13.0. The molecular weight excluding hydrogens is 865 g/mol. The number of esters is 2. The van der Waals surface area contributed by atoms with E-state index in [0.717, 1.165) is 57.8 Å². The van der Waals surface area contributed by atoms with Crippen LogP contribution in [0.3, 0.4) is 0 Å². The van der Waals surface area contributed by atoms with Gasteiger partial charge in [0.1, 0.15) is 55.4 Å². The quantitative estimate of drug-likeness (QED) is 0.0176. The van der Waals surface area contributed by atoms with Crippen molar-refractivity contribution in [2.24, 2.45) is 0 Å². The number of ether oxygens (including phenoxy) is 6. The van der Waals surface area contributed by atoms with Gasteiger partial charge in [-0.2, -0.15) is 0 Å². The summed E-state index contributed by atoms with van der Waals surface area (Å²) < 4.78 is 33.6. The highest BCUT2D eigenvalue weighted by atomic mass is 16.7. The zero-order chi connectivity index (χ0) is 48.9. The predicted octanol–water partition coefficient (Wildman–Crippen LogP) is 7.77. The molecule has 7 N–H and O–H groups in total. The molecule has 0 radical (unpaired) electrons. The molecule has 0 aromatic carbocycles. The molecule has 2 aliphatic rings. The summed E-state index contributed by atoms with van der Waals surface area (Å²) in [6.07, 6.45) is 22.5. The summed E-state index contributed by atoms with van der Waals surface area (Å²) in [5.74, 6) is -0.925. The van der Waals surface area contributed by atoms with Gasteiger partial charge in [0.25, 0.3) is 0 Å². The van der Waals surface area contributed by atoms with Crippen molar-refractivity contribution < 1.29 is 73.8 Å². The SMILES string of the molecule is CCCC/C=C/CCCCCCCC(=O)OC[C@H](CO[C@H]1O[C@@H](CO[C@H]2O[C@@H](CO)[C@@H](O)C(O)C2O)[C@@H](O)C(O)C1O)OC(=O)CCCCCCCCCCCCCCCCCCCCCC. The van der Waals surface area contributed by atoms with Gasteiger partial charge in [0.15, 0.2) is 18.7 Å². The Morgan fingerprint density at radius 1 is 0.463 bits per heavy atom. The van der Waals surface area contributed by atoms with Crippen molar-refractivity contribution in [2.75, 3.05) is 26.4 Å². The minimum Gasteiger partial charge on any atom is -0.462 e. The van der Waals surface area contributed by atoms with Crippen LogP contribution in [0.25, 0.3) is 0 Å². The van der Waals surface area contributed by atoms with Crippen LogP contribution in [-0.2, 0) is 38.0 Å². The highest BCUT2D eigenvalue weighted by Crippen LogP contribution is 2.27. The highest BCUT2D eigenvalue weighted by Gasteiger charge is 2.47. The van der Waals surface area contributed by atoms with Gasteiger partial charge in [0, 0.05) is 12.8 Å². The zero-order valence-corrected chi connectivity index (χ0v) is 41.7. The molecule has 15 heteroatoms. The third kappa shape index (κ3) is 28.0. The molecular formula is C52H96O15. The zero-order valence-electron chi connectivity index (χ0n) is 41.7. The fourth-order valence-electron chi connectivity index (χ4n) is 8.55. The van der Waals surface area contributed by atoms with Crippen LogP contribution in [0.15, 0.2) is 12.2 Å². The van der Waals surface area contributed by atoms with Crippen LogP contribution < -0.4 is 0 Å². The molecule has 2 rings (SSSR count). The summed E-state index contributed by atoms with van der Waals surface area (Å²) in [6, 6.07) is 0. The molecule has 2 aliphatic heterocycles. The maximum absolute atomic E-state index is 13.0. The molecule has 394 valence electrons. The summed E-state index contributed by atoms with van der Waals surface area (Å²) in [7, 11) is 0. The van der Waals surface area contributed by atoms with E-state index in [9.17, 15) is 45.3 Å². The lowest BCUT2D eigenvalue weighted by molar-refractivity contribution is -0.332. The number of unbranched alkanes of at least 4 members (excludes halogenated alkanes) is 26. The normalized spacial score (nSPS) is 26.0. The van der Waals surface area contributed by atoms with E-state index < -0.39 is 92.7 Å². The van der Waals surface area contributed by atoms with Gasteiger partial charge < -0.3 is 64.2 Å². The molecule has 2 fully saturated rings. The van der Waals surface area contributed by atoms with Crippen LogP contribution in [0, 0.1) is 0 Å². The molecule has 4 unspecified atom stereocenters. The van der Waals surface area contributed by atoms with E-state index in [2.05, 4.69) is 26.0 Å². The average Bonchev–Trinajstić information content (AvgIpc) is 3.32. The highest BCUT2D eigenvalue weighted by molar-refractivity contribution is 5.70. The van der Waals surface area contributed by atoms with Crippen molar-refractivity contribution in [2.45, 2.75) is 280 Å². The van der Waals surface area contributed by atoms with Crippen molar-refractivity contribution in [3.05, 3.63) is 12.2 Å². The molecule has 0 bridgehead atoms. The fraction of sp³-hybridized carbons (Fsp3) is 0.923. The number of aliphatic hydroxyl groups is 7. The van der Waals surface area contributed by atoms with Crippen molar-refractivity contribution in [1.29, 1.82) is 0 Å². The van der Waals surface area contributed by atoms with E-state index in [0.29, 0.717) is 12.8 Å². The Kier molecular flexibility index (Phi) is 36.5. The summed E-state index contributed by atoms with van der Waals surface area (Å²) >= 11 is 0. The Hall–Kier alpha value is -1.76.